The van der Waals surface area contributed by atoms with E-state index in [0.717, 1.165) is 0 Å². The summed E-state index contributed by atoms with van der Waals surface area (Å²) in [6.45, 7) is 3.47. The average Bonchev–Trinajstić information content (AvgIpc) is 2.63. The number of aryl methyl sites for hydroxylation is 2. The fraction of sp³-hybridized carbons (Fsp3) is 0.182. The van der Waals surface area contributed by atoms with E-state index in [4.69, 9.17) is 4.42 Å². The summed E-state index contributed by atoms with van der Waals surface area (Å²) >= 11 is 0. The number of carbonyl (C=O) groups excluding carboxylic acids is 1. The Morgan fingerprint density at radius 1 is 1.47 bits per heavy atom. The normalized spacial score (nSPS) is 10.2. The van der Waals surface area contributed by atoms with E-state index in [1.165, 1.54) is 18.5 Å². The van der Waals surface area contributed by atoms with Crippen LogP contribution < -0.4 is 10.7 Å². The second-order valence-corrected chi connectivity index (χ2v) is 3.64. The number of aromatic nitrogens is 2. The van der Waals surface area contributed by atoms with Crippen LogP contribution >= 0.6 is 0 Å². The number of hydrogen-bond donors (Lipinski definition) is 2. The monoisotopic (exact) mass is 233 g/mol. The first kappa shape index (κ1) is 11.1. The molecule has 0 saturated heterocycles. The molecule has 6 heteroatoms. The van der Waals surface area contributed by atoms with Crippen LogP contribution in [0.25, 0.3) is 0 Å². The van der Waals surface area contributed by atoms with Gasteiger partial charge in [0.05, 0.1) is 5.69 Å². The van der Waals surface area contributed by atoms with Gasteiger partial charge in [0, 0.05) is 18.0 Å². The number of rotatable bonds is 2. The van der Waals surface area contributed by atoms with Crippen molar-refractivity contribution in [2.24, 2.45) is 0 Å². The SMILES string of the molecule is Cc1coc(NC(=O)c2c[nH]c(C)cc2=O)n1. The number of nitrogens with zero attached hydrogens (tertiary/aromatic N) is 1. The van der Waals surface area contributed by atoms with Crippen LogP contribution in [0, 0.1) is 13.8 Å². The van der Waals surface area contributed by atoms with Crippen molar-refractivity contribution >= 4 is 11.9 Å². The van der Waals surface area contributed by atoms with Crippen LogP contribution in [-0.2, 0) is 0 Å². The molecule has 0 unspecified atom stereocenters. The lowest BCUT2D eigenvalue weighted by Crippen LogP contribution is -2.21. The number of anilines is 1. The predicted molar refractivity (Wildman–Crippen MR) is 61.0 cm³/mol. The van der Waals surface area contributed by atoms with Crippen LogP contribution in [-0.4, -0.2) is 15.9 Å². The van der Waals surface area contributed by atoms with E-state index in [1.54, 1.807) is 13.8 Å². The minimum absolute atomic E-state index is 0.0199. The fourth-order valence-electron chi connectivity index (χ4n) is 1.33. The molecule has 6 nitrogen and oxygen atoms in total. The Morgan fingerprint density at radius 3 is 2.82 bits per heavy atom. The first-order chi connectivity index (χ1) is 8.06. The smallest absolute Gasteiger partial charge is 0.301 e. The first-order valence-electron chi connectivity index (χ1n) is 4.99. The molecule has 2 N–H and O–H groups in total. The molecule has 2 heterocycles. The third kappa shape index (κ3) is 2.41. The number of nitrogens with one attached hydrogen (secondary N) is 2. The van der Waals surface area contributed by atoms with Gasteiger partial charge in [-0.1, -0.05) is 0 Å². The van der Waals surface area contributed by atoms with Gasteiger partial charge < -0.3 is 9.40 Å². The minimum Gasteiger partial charge on any atom is -0.432 e. The van der Waals surface area contributed by atoms with Gasteiger partial charge in [0.2, 0.25) is 0 Å². The van der Waals surface area contributed by atoms with Crippen molar-refractivity contribution in [3.8, 4) is 0 Å². The van der Waals surface area contributed by atoms with E-state index >= 15 is 0 Å². The number of pyridine rings is 1. The topological polar surface area (TPSA) is 88.0 Å². The zero-order chi connectivity index (χ0) is 12.4. The molecule has 0 aliphatic carbocycles. The molecule has 2 aromatic heterocycles. The summed E-state index contributed by atoms with van der Waals surface area (Å²) in [7, 11) is 0. The molecular formula is C11H11N3O3. The van der Waals surface area contributed by atoms with Crippen molar-refractivity contribution in [2.45, 2.75) is 13.8 Å². The van der Waals surface area contributed by atoms with Crippen molar-refractivity contribution in [1.29, 1.82) is 0 Å². The molecule has 0 spiro atoms. The molecule has 0 aliphatic rings. The number of aromatic amines is 1. The lowest BCUT2D eigenvalue weighted by molar-refractivity contribution is 0.102. The zero-order valence-corrected chi connectivity index (χ0v) is 9.40. The minimum atomic E-state index is -0.548. The number of amides is 1. The van der Waals surface area contributed by atoms with Gasteiger partial charge in [-0.05, 0) is 13.8 Å². The number of H-pyrrole nitrogens is 1. The van der Waals surface area contributed by atoms with Crippen molar-refractivity contribution in [1.82, 2.24) is 9.97 Å². The summed E-state index contributed by atoms with van der Waals surface area (Å²) in [5.41, 5.74) is 1.02. The molecule has 0 aromatic carbocycles. The lowest BCUT2D eigenvalue weighted by atomic mass is 10.2. The molecule has 0 bridgehead atoms. The van der Waals surface area contributed by atoms with Crippen molar-refractivity contribution in [3.63, 3.8) is 0 Å². The summed E-state index contributed by atoms with van der Waals surface area (Å²) in [4.78, 5) is 30.0. The molecule has 0 atom stereocenters. The van der Waals surface area contributed by atoms with Crippen LogP contribution in [0.2, 0.25) is 0 Å². The Balaban J connectivity index is 2.23. The molecule has 1 amide bonds. The molecule has 0 saturated carbocycles. The summed E-state index contributed by atoms with van der Waals surface area (Å²) in [5.74, 6) is -0.548. The van der Waals surface area contributed by atoms with Crippen LogP contribution in [0.15, 0.2) is 27.7 Å². The highest BCUT2D eigenvalue weighted by molar-refractivity contribution is 6.02. The van der Waals surface area contributed by atoms with Crippen LogP contribution in [0.3, 0.4) is 0 Å². The highest BCUT2D eigenvalue weighted by Gasteiger charge is 2.12. The molecule has 0 radical (unpaired) electrons. The van der Waals surface area contributed by atoms with Gasteiger partial charge in [-0.25, -0.2) is 0 Å². The molecule has 2 aromatic rings. The van der Waals surface area contributed by atoms with Gasteiger partial charge >= 0.3 is 6.01 Å². The Kier molecular flexibility index (Phi) is 2.78. The second kappa shape index (κ2) is 4.25. The average molecular weight is 233 g/mol. The van der Waals surface area contributed by atoms with Crippen LogP contribution in [0.4, 0.5) is 6.01 Å². The van der Waals surface area contributed by atoms with Gasteiger partial charge in [0.1, 0.15) is 11.8 Å². The maximum Gasteiger partial charge on any atom is 0.301 e. The summed E-state index contributed by atoms with van der Waals surface area (Å²) in [5, 5.41) is 2.40. The van der Waals surface area contributed by atoms with Gasteiger partial charge in [-0.2, -0.15) is 4.98 Å². The van der Waals surface area contributed by atoms with Crippen LogP contribution in [0.1, 0.15) is 21.7 Å². The summed E-state index contributed by atoms with van der Waals surface area (Å²) < 4.78 is 4.96. The molecule has 88 valence electrons. The summed E-state index contributed by atoms with van der Waals surface area (Å²) in [6, 6.07) is 1.43. The molecule has 17 heavy (non-hydrogen) atoms. The van der Waals surface area contributed by atoms with E-state index < -0.39 is 5.91 Å². The maximum atomic E-state index is 11.7. The van der Waals surface area contributed by atoms with Crippen molar-refractivity contribution in [2.75, 3.05) is 5.32 Å². The molecule has 2 rings (SSSR count). The molecular weight excluding hydrogens is 222 g/mol. The highest BCUT2D eigenvalue weighted by atomic mass is 16.4. The van der Waals surface area contributed by atoms with Gasteiger partial charge in [-0.15, -0.1) is 0 Å². The second-order valence-electron chi connectivity index (χ2n) is 3.64. The van der Waals surface area contributed by atoms with E-state index in [-0.39, 0.29) is 17.0 Å². The third-order valence-corrected chi connectivity index (χ3v) is 2.14. The lowest BCUT2D eigenvalue weighted by Gasteiger charge is -2.00. The Bertz CT molecular complexity index is 612. The van der Waals surface area contributed by atoms with E-state index in [1.807, 2.05) is 0 Å². The van der Waals surface area contributed by atoms with Crippen molar-refractivity contribution in [3.05, 3.63) is 45.7 Å². The Labute approximate surface area is 96.7 Å². The third-order valence-electron chi connectivity index (χ3n) is 2.14. The van der Waals surface area contributed by atoms with E-state index in [2.05, 4.69) is 15.3 Å². The standard InChI is InChI=1S/C11H11N3O3/c1-6-3-9(15)8(4-12-6)10(16)14-11-13-7(2)5-17-11/h3-5H,1-2H3,(H,12,15)(H,13,14,16). The summed E-state index contributed by atoms with van der Waals surface area (Å²) in [6.07, 6.45) is 2.78. The van der Waals surface area contributed by atoms with E-state index in [0.29, 0.717) is 11.4 Å². The number of carbonyl (C=O) groups is 1. The zero-order valence-electron chi connectivity index (χ0n) is 9.40. The van der Waals surface area contributed by atoms with Crippen molar-refractivity contribution < 1.29 is 9.21 Å². The van der Waals surface area contributed by atoms with Gasteiger partial charge in [-0.3, -0.25) is 14.9 Å². The first-order valence-corrected chi connectivity index (χ1v) is 4.99. The number of oxazole rings is 1. The highest BCUT2D eigenvalue weighted by Crippen LogP contribution is 2.07. The molecule has 0 aliphatic heterocycles. The Hall–Kier alpha value is -2.37. The van der Waals surface area contributed by atoms with E-state index in [9.17, 15) is 9.59 Å². The van der Waals surface area contributed by atoms with Crippen LogP contribution in [0.5, 0.6) is 0 Å². The van der Waals surface area contributed by atoms with Gasteiger partial charge in [0.25, 0.3) is 5.91 Å². The Morgan fingerprint density at radius 2 is 2.24 bits per heavy atom. The number of hydrogen-bond acceptors (Lipinski definition) is 4. The molecule has 0 fully saturated rings. The van der Waals surface area contributed by atoms with Gasteiger partial charge in [0.15, 0.2) is 5.43 Å². The fourth-order valence-corrected chi connectivity index (χ4v) is 1.33. The largest absolute Gasteiger partial charge is 0.432 e. The quantitative estimate of drug-likeness (QED) is 0.816. The maximum absolute atomic E-state index is 11.7. The predicted octanol–water partition coefficient (Wildman–Crippen LogP) is 1.23.